The van der Waals surface area contributed by atoms with Crippen LogP contribution in [0.3, 0.4) is 0 Å². The second-order valence-corrected chi connectivity index (χ2v) is 7.37. The Labute approximate surface area is 138 Å². The molecular weight excluding hydrogens is 292 g/mol. The van der Waals surface area contributed by atoms with Crippen LogP contribution >= 0.6 is 0 Å². The van der Waals surface area contributed by atoms with Gasteiger partial charge in [0.25, 0.3) is 0 Å². The number of amides is 1. The number of anilines is 1. The van der Waals surface area contributed by atoms with Gasteiger partial charge in [-0.15, -0.1) is 0 Å². The predicted octanol–water partition coefficient (Wildman–Crippen LogP) is 3.41. The molecule has 128 valence electrons. The highest BCUT2D eigenvalue weighted by atomic mass is 16.6. The Balaban J connectivity index is 1.85. The van der Waals surface area contributed by atoms with Crippen molar-refractivity contribution >= 4 is 11.9 Å². The molecule has 6 heteroatoms. The van der Waals surface area contributed by atoms with Crippen LogP contribution < -0.4 is 5.32 Å². The minimum Gasteiger partial charge on any atom is -0.444 e. The van der Waals surface area contributed by atoms with E-state index in [1.54, 1.807) is 11.2 Å². The first-order valence-corrected chi connectivity index (χ1v) is 8.31. The van der Waals surface area contributed by atoms with E-state index in [0.717, 1.165) is 24.4 Å². The van der Waals surface area contributed by atoms with Gasteiger partial charge < -0.3 is 15.0 Å². The van der Waals surface area contributed by atoms with Gasteiger partial charge in [0.1, 0.15) is 17.7 Å². The van der Waals surface area contributed by atoms with Crippen molar-refractivity contribution in [3.63, 3.8) is 0 Å². The Hall–Kier alpha value is -1.85. The fourth-order valence-corrected chi connectivity index (χ4v) is 2.51. The summed E-state index contributed by atoms with van der Waals surface area (Å²) in [7, 11) is 0. The minimum absolute atomic E-state index is 0.222. The van der Waals surface area contributed by atoms with E-state index in [4.69, 9.17) is 4.74 Å². The van der Waals surface area contributed by atoms with E-state index in [0.29, 0.717) is 25.0 Å². The maximum absolute atomic E-state index is 12.1. The number of aromatic nitrogens is 2. The zero-order valence-electron chi connectivity index (χ0n) is 14.8. The summed E-state index contributed by atoms with van der Waals surface area (Å²) in [5, 5.41) is 3.45. The number of ether oxygens (including phenoxy) is 1. The van der Waals surface area contributed by atoms with E-state index in [2.05, 4.69) is 29.1 Å². The lowest BCUT2D eigenvalue weighted by atomic mass is 10.1. The Kier molecular flexibility index (Phi) is 5.44. The molecule has 6 nitrogen and oxygen atoms in total. The maximum atomic E-state index is 12.1. The third-order valence-corrected chi connectivity index (χ3v) is 3.78. The Morgan fingerprint density at radius 3 is 2.52 bits per heavy atom. The molecule has 0 bridgehead atoms. The van der Waals surface area contributed by atoms with Gasteiger partial charge in [-0.25, -0.2) is 14.8 Å². The molecule has 1 aromatic heterocycles. The molecule has 1 fully saturated rings. The molecule has 1 aromatic rings. The van der Waals surface area contributed by atoms with Crippen LogP contribution in [0.2, 0.25) is 0 Å². The van der Waals surface area contributed by atoms with Crippen LogP contribution in [-0.2, 0) is 4.74 Å². The lowest BCUT2D eigenvalue weighted by molar-refractivity contribution is 0.0210. The van der Waals surface area contributed by atoms with Crippen molar-refractivity contribution in [3.05, 3.63) is 18.1 Å². The number of likely N-dealkylation sites (tertiary alicyclic amines) is 1. The van der Waals surface area contributed by atoms with Crippen molar-refractivity contribution in [1.82, 2.24) is 14.9 Å². The highest BCUT2D eigenvalue weighted by Gasteiger charge is 2.26. The Bertz CT molecular complexity index is 532. The van der Waals surface area contributed by atoms with E-state index in [9.17, 15) is 4.79 Å². The van der Waals surface area contributed by atoms with Crippen LogP contribution in [0.15, 0.2) is 12.4 Å². The second kappa shape index (κ2) is 7.15. The van der Waals surface area contributed by atoms with Crippen molar-refractivity contribution in [3.8, 4) is 0 Å². The van der Waals surface area contributed by atoms with Crippen LogP contribution in [0.5, 0.6) is 0 Å². The van der Waals surface area contributed by atoms with Crippen LogP contribution in [0.25, 0.3) is 0 Å². The fourth-order valence-electron chi connectivity index (χ4n) is 2.51. The minimum atomic E-state index is -0.444. The molecule has 0 radical (unpaired) electrons. The molecule has 1 aliphatic heterocycles. The van der Waals surface area contributed by atoms with Crippen LogP contribution in [0.1, 0.15) is 59.1 Å². The SMILES string of the molecule is CC(C)c1cc(NC2CCN(C(=O)OC(C)(C)C)CC2)ncn1. The number of nitrogens with one attached hydrogen (secondary N) is 1. The third kappa shape index (κ3) is 5.37. The molecule has 1 saturated heterocycles. The third-order valence-electron chi connectivity index (χ3n) is 3.78. The van der Waals surface area contributed by atoms with E-state index in [1.807, 2.05) is 26.8 Å². The van der Waals surface area contributed by atoms with Gasteiger partial charge in [-0.05, 0) is 39.5 Å². The summed E-state index contributed by atoms with van der Waals surface area (Å²) in [4.78, 5) is 22.4. The summed E-state index contributed by atoms with van der Waals surface area (Å²) in [6.45, 7) is 11.3. The van der Waals surface area contributed by atoms with Crippen molar-refractivity contribution in [1.29, 1.82) is 0 Å². The number of rotatable bonds is 3. The number of piperidine rings is 1. The van der Waals surface area contributed by atoms with Crippen LogP contribution in [0.4, 0.5) is 10.6 Å². The summed E-state index contributed by atoms with van der Waals surface area (Å²) in [5.74, 6) is 1.24. The summed E-state index contributed by atoms with van der Waals surface area (Å²) < 4.78 is 5.42. The van der Waals surface area contributed by atoms with E-state index >= 15 is 0 Å². The number of carbonyl (C=O) groups is 1. The van der Waals surface area contributed by atoms with Gasteiger partial charge in [0.2, 0.25) is 0 Å². The molecule has 1 N–H and O–H groups in total. The molecule has 1 aliphatic rings. The lowest BCUT2D eigenvalue weighted by Gasteiger charge is -2.33. The summed E-state index contributed by atoms with van der Waals surface area (Å²) in [6.07, 6.45) is 3.16. The average molecular weight is 320 g/mol. The normalized spacial score (nSPS) is 16.5. The summed E-state index contributed by atoms with van der Waals surface area (Å²) in [5.41, 5.74) is 0.592. The van der Waals surface area contributed by atoms with Gasteiger partial charge in [0.15, 0.2) is 0 Å². The van der Waals surface area contributed by atoms with Gasteiger partial charge in [0, 0.05) is 30.9 Å². The molecule has 0 unspecified atom stereocenters. The van der Waals surface area contributed by atoms with Crippen molar-refractivity contribution in [2.24, 2.45) is 0 Å². The van der Waals surface area contributed by atoms with Crippen molar-refractivity contribution in [2.45, 2.75) is 65.0 Å². The first-order chi connectivity index (χ1) is 10.7. The molecule has 1 amide bonds. The summed E-state index contributed by atoms with van der Waals surface area (Å²) >= 11 is 0. The zero-order chi connectivity index (χ0) is 17.0. The largest absolute Gasteiger partial charge is 0.444 e. The van der Waals surface area contributed by atoms with E-state index in [1.165, 1.54) is 0 Å². The van der Waals surface area contributed by atoms with Crippen LogP contribution in [0, 0.1) is 0 Å². The van der Waals surface area contributed by atoms with Gasteiger partial charge >= 0.3 is 6.09 Å². The van der Waals surface area contributed by atoms with E-state index < -0.39 is 5.60 Å². The standard InChI is InChI=1S/C17H28N4O2/c1-12(2)14-10-15(19-11-18-14)20-13-6-8-21(9-7-13)16(22)23-17(3,4)5/h10-13H,6-9H2,1-5H3,(H,18,19,20). The molecule has 0 atom stereocenters. The van der Waals surface area contributed by atoms with E-state index in [-0.39, 0.29) is 6.09 Å². The number of nitrogens with zero attached hydrogens (tertiary/aromatic N) is 3. The van der Waals surface area contributed by atoms with Gasteiger partial charge in [-0.1, -0.05) is 13.8 Å². The first kappa shape index (κ1) is 17.5. The van der Waals surface area contributed by atoms with Crippen LogP contribution in [-0.4, -0.2) is 45.7 Å². The average Bonchev–Trinajstić information content (AvgIpc) is 2.46. The fraction of sp³-hybridized carbons (Fsp3) is 0.706. The van der Waals surface area contributed by atoms with Gasteiger partial charge in [0.05, 0.1) is 0 Å². The summed E-state index contributed by atoms with van der Waals surface area (Å²) in [6, 6.07) is 2.33. The Morgan fingerprint density at radius 2 is 1.96 bits per heavy atom. The number of carbonyl (C=O) groups excluding carboxylic acids is 1. The number of hydrogen-bond acceptors (Lipinski definition) is 5. The van der Waals surface area contributed by atoms with Gasteiger partial charge in [-0.2, -0.15) is 0 Å². The molecular formula is C17H28N4O2. The highest BCUT2D eigenvalue weighted by molar-refractivity contribution is 5.68. The molecule has 2 rings (SSSR count). The quantitative estimate of drug-likeness (QED) is 0.924. The molecule has 0 aliphatic carbocycles. The topological polar surface area (TPSA) is 67.4 Å². The monoisotopic (exact) mass is 320 g/mol. The molecule has 23 heavy (non-hydrogen) atoms. The highest BCUT2D eigenvalue weighted by Crippen LogP contribution is 2.19. The molecule has 0 saturated carbocycles. The smallest absolute Gasteiger partial charge is 0.410 e. The maximum Gasteiger partial charge on any atom is 0.410 e. The first-order valence-electron chi connectivity index (χ1n) is 8.31. The zero-order valence-corrected chi connectivity index (χ0v) is 14.8. The van der Waals surface area contributed by atoms with Gasteiger partial charge in [-0.3, -0.25) is 0 Å². The number of hydrogen-bond donors (Lipinski definition) is 1. The van der Waals surface area contributed by atoms with Crippen molar-refractivity contribution in [2.75, 3.05) is 18.4 Å². The second-order valence-electron chi connectivity index (χ2n) is 7.37. The molecule has 0 spiro atoms. The molecule has 0 aromatic carbocycles. The van der Waals surface area contributed by atoms with Crippen molar-refractivity contribution < 1.29 is 9.53 Å². The predicted molar refractivity (Wildman–Crippen MR) is 90.6 cm³/mol. The Morgan fingerprint density at radius 1 is 1.30 bits per heavy atom. The molecule has 2 heterocycles. The lowest BCUT2D eigenvalue weighted by Crippen LogP contribution is -2.44.